The molecule has 52 heavy (non-hydrogen) atoms. The third kappa shape index (κ3) is 21.8. The van der Waals surface area contributed by atoms with Crippen LogP contribution in [-0.2, 0) is 42.9 Å². The number of anilines is 1. The molecule has 1 rings (SSSR count). The molecular weight excluding hydrogens is 682 g/mol. The highest BCUT2D eigenvalue weighted by Gasteiger charge is 2.31. The van der Waals surface area contributed by atoms with E-state index in [2.05, 4.69) is 26.6 Å². The number of carboxylic acid groups (broad SMARTS) is 1. The van der Waals surface area contributed by atoms with Crippen LogP contribution in [0.15, 0.2) is 24.3 Å². The molecule has 18 heteroatoms. The molecule has 0 bridgehead atoms. The maximum atomic E-state index is 13.5. The summed E-state index contributed by atoms with van der Waals surface area (Å²) in [6, 6.07) is 2.88. The number of benzene rings is 1. The van der Waals surface area contributed by atoms with Gasteiger partial charge in [-0.25, -0.2) is 4.79 Å². The van der Waals surface area contributed by atoms with Crippen LogP contribution in [0.4, 0.5) is 10.5 Å². The summed E-state index contributed by atoms with van der Waals surface area (Å²) in [4.78, 5) is 75.2. The molecule has 0 spiro atoms. The van der Waals surface area contributed by atoms with E-state index in [0.29, 0.717) is 51.7 Å². The molecule has 0 unspecified atom stereocenters. The third-order valence-electron chi connectivity index (χ3n) is 7.32. The number of carboxylic acids is 1. The molecule has 18 nitrogen and oxygen atoms in total. The molecule has 0 aliphatic carbocycles. The number of carbonyl (C=O) groups is 6. The van der Waals surface area contributed by atoms with Crippen molar-refractivity contribution < 1.29 is 52.8 Å². The summed E-state index contributed by atoms with van der Waals surface area (Å²) < 4.78 is 21.4. The van der Waals surface area contributed by atoms with Gasteiger partial charge >= 0.3 is 12.0 Å². The Hall–Kier alpha value is -4.36. The Balaban J connectivity index is 2.74. The van der Waals surface area contributed by atoms with E-state index < -0.39 is 66.1 Å². The van der Waals surface area contributed by atoms with E-state index in [1.165, 1.54) is 0 Å². The fraction of sp³-hybridized carbons (Fsp3) is 0.647. The number of nitrogens with one attached hydrogen (secondary N) is 5. The number of rotatable bonds is 29. The Morgan fingerprint density at radius 1 is 0.712 bits per heavy atom. The van der Waals surface area contributed by atoms with Gasteiger partial charge in [-0.2, -0.15) is 0 Å². The lowest BCUT2D eigenvalue weighted by molar-refractivity contribution is -0.138. The van der Waals surface area contributed by atoms with Gasteiger partial charge in [-0.05, 0) is 44.2 Å². The minimum Gasteiger partial charge on any atom is -0.481 e. The summed E-state index contributed by atoms with van der Waals surface area (Å²) in [6.45, 7) is 8.48. The van der Waals surface area contributed by atoms with Crippen molar-refractivity contribution in [1.29, 1.82) is 0 Å². The predicted molar refractivity (Wildman–Crippen MR) is 191 cm³/mol. The first-order valence-electron chi connectivity index (χ1n) is 17.4. The van der Waals surface area contributed by atoms with E-state index >= 15 is 0 Å². The van der Waals surface area contributed by atoms with Crippen LogP contribution in [0.5, 0.6) is 0 Å². The molecule has 294 valence electrons. The molecule has 0 saturated carbocycles. The van der Waals surface area contributed by atoms with Gasteiger partial charge in [-0.15, -0.1) is 0 Å². The van der Waals surface area contributed by atoms with E-state index in [0.717, 1.165) is 5.56 Å². The van der Waals surface area contributed by atoms with E-state index in [1.54, 1.807) is 26.0 Å². The van der Waals surface area contributed by atoms with Gasteiger partial charge in [0.15, 0.2) is 0 Å². The van der Waals surface area contributed by atoms with Crippen LogP contribution in [0.1, 0.15) is 51.5 Å². The number of urea groups is 1. The zero-order valence-electron chi connectivity index (χ0n) is 30.4. The van der Waals surface area contributed by atoms with Crippen LogP contribution >= 0.6 is 0 Å². The van der Waals surface area contributed by atoms with Gasteiger partial charge < -0.3 is 62.1 Å². The molecule has 0 aliphatic heterocycles. The Kier molecular flexibility index (Phi) is 24.0. The van der Waals surface area contributed by atoms with Gasteiger partial charge in [-0.3, -0.25) is 24.0 Å². The van der Waals surface area contributed by atoms with Crippen LogP contribution in [0.3, 0.4) is 0 Å². The number of ether oxygens (including phenoxy) is 4. The normalized spacial score (nSPS) is 12.7. The number of nitrogens with two attached hydrogens (primary N) is 2. The monoisotopic (exact) mass is 739 g/mol. The number of hydrogen-bond donors (Lipinski definition) is 8. The highest BCUT2D eigenvalue weighted by atomic mass is 16.6. The van der Waals surface area contributed by atoms with Crippen molar-refractivity contribution in [3.8, 4) is 0 Å². The lowest BCUT2D eigenvalue weighted by Crippen LogP contribution is -2.58. The quantitative estimate of drug-likeness (QED) is 0.0495. The highest BCUT2D eigenvalue weighted by molar-refractivity contribution is 5.99. The van der Waals surface area contributed by atoms with Crippen LogP contribution in [-0.4, -0.2) is 125 Å². The summed E-state index contributed by atoms with van der Waals surface area (Å²) in [6.07, 6.45) is -0.331. The zero-order chi connectivity index (χ0) is 38.7. The molecule has 1 aromatic carbocycles. The topological polar surface area (TPSA) is 272 Å². The number of primary amides is 1. The fourth-order valence-electron chi connectivity index (χ4n) is 4.52. The molecule has 0 fully saturated rings. The summed E-state index contributed by atoms with van der Waals surface area (Å²) in [5.74, 6) is -4.14. The summed E-state index contributed by atoms with van der Waals surface area (Å²) in [5.41, 5.74) is 12.0. The van der Waals surface area contributed by atoms with E-state index in [9.17, 15) is 33.9 Å². The largest absolute Gasteiger partial charge is 0.481 e. The Morgan fingerprint density at radius 2 is 1.27 bits per heavy atom. The minimum atomic E-state index is -1.26. The van der Waals surface area contributed by atoms with Gasteiger partial charge in [0.2, 0.25) is 23.6 Å². The average Bonchev–Trinajstić information content (AvgIpc) is 3.09. The smallest absolute Gasteiger partial charge is 0.312 e. The second kappa shape index (κ2) is 27.3. The van der Waals surface area contributed by atoms with Gasteiger partial charge in [-0.1, -0.05) is 31.5 Å². The first-order chi connectivity index (χ1) is 24.8. The molecule has 1 aromatic rings. The van der Waals surface area contributed by atoms with Crippen molar-refractivity contribution in [3.63, 3.8) is 0 Å². The van der Waals surface area contributed by atoms with Gasteiger partial charge in [0.1, 0.15) is 18.1 Å². The Labute approximate surface area is 304 Å². The first-order valence-corrected chi connectivity index (χ1v) is 17.4. The minimum absolute atomic E-state index is 0.0233. The van der Waals surface area contributed by atoms with Crippen molar-refractivity contribution in [1.82, 2.24) is 21.3 Å². The van der Waals surface area contributed by atoms with E-state index in [4.69, 9.17) is 30.4 Å². The molecule has 0 aromatic heterocycles. The maximum absolute atomic E-state index is 13.5. The van der Waals surface area contributed by atoms with Crippen molar-refractivity contribution in [2.75, 3.05) is 71.3 Å². The number of aryl methyl sites for hydroxylation is 1. The number of aliphatic carboxylic acids is 1. The maximum Gasteiger partial charge on any atom is 0.312 e. The molecule has 0 radical (unpaired) electrons. The molecule has 10 N–H and O–H groups in total. The van der Waals surface area contributed by atoms with Crippen molar-refractivity contribution in [2.45, 2.75) is 71.0 Å². The van der Waals surface area contributed by atoms with E-state index in [-0.39, 0.29) is 45.6 Å². The van der Waals surface area contributed by atoms with Gasteiger partial charge in [0, 0.05) is 31.6 Å². The standard InChI is InChI=1S/C34H57N7O11/c1-23(2)30(33(47)40-26(5-4-14-37-34(36)48)31(45)38-25-8-6-24(3)7-9-25)41-32(46)27(10-11-29(43)44)39-28(42)12-15-49-17-19-51-21-22-52-20-18-50-16-13-35/h6-9,23,26-27,30H,4-5,10-22,35H2,1-3H3,(H,38,45)(H,39,42)(H,40,47)(H,41,46)(H,43,44)(H3,36,37,48)/t26-,27-,30-/m0/s1. The average molecular weight is 740 g/mol. The summed E-state index contributed by atoms with van der Waals surface area (Å²) >= 11 is 0. The molecule has 0 heterocycles. The number of hydrogen-bond acceptors (Lipinski definition) is 11. The van der Waals surface area contributed by atoms with Gasteiger partial charge in [0.25, 0.3) is 0 Å². The molecular formula is C34H57N7O11. The predicted octanol–water partition coefficient (Wildman–Crippen LogP) is -0.228. The zero-order valence-corrected chi connectivity index (χ0v) is 30.4. The van der Waals surface area contributed by atoms with Crippen molar-refractivity contribution in [3.05, 3.63) is 29.8 Å². The van der Waals surface area contributed by atoms with Crippen molar-refractivity contribution >= 4 is 41.3 Å². The first kappa shape index (κ1) is 45.7. The van der Waals surface area contributed by atoms with Crippen molar-refractivity contribution in [2.24, 2.45) is 17.4 Å². The summed E-state index contributed by atoms with van der Waals surface area (Å²) in [5, 5.41) is 22.3. The van der Waals surface area contributed by atoms with Crippen LogP contribution in [0.25, 0.3) is 0 Å². The molecule has 6 amide bonds. The molecule has 3 atom stereocenters. The Bertz CT molecular complexity index is 1230. The Morgan fingerprint density at radius 3 is 1.81 bits per heavy atom. The van der Waals surface area contributed by atoms with Crippen LogP contribution in [0.2, 0.25) is 0 Å². The number of carbonyl (C=O) groups excluding carboxylic acids is 5. The highest BCUT2D eigenvalue weighted by Crippen LogP contribution is 2.12. The van der Waals surface area contributed by atoms with Crippen LogP contribution < -0.4 is 38.1 Å². The lowest BCUT2D eigenvalue weighted by atomic mass is 10.0. The summed E-state index contributed by atoms with van der Waals surface area (Å²) in [7, 11) is 0. The van der Waals surface area contributed by atoms with Gasteiger partial charge in [0.05, 0.1) is 52.9 Å². The third-order valence-corrected chi connectivity index (χ3v) is 7.32. The van der Waals surface area contributed by atoms with Crippen LogP contribution in [0, 0.1) is 12.8 Å². The number of amides is 6. The molecule has 0 aliphatic rings. The SMILES string of the molecule is Cc1ccc(NC(=O)[C@H](CCCNC(N)=O)NC(=O)[C@@H](NC(=O)[C@H](CCC(=O)O)NC(=O)CCOCCOCCOCCOCCN)C(C)C)cc1. The molecule has 0 saturated heterocycles. The second-order valence-electron chi connectivity index (χ2n) is 12.1. The lowest BCUT2D eigenvalue weighted by Gasteiger charge is -2.27. The van der Waals surface area contributed by atoms with E-state index in [1.807, 2.05) is 19.1 Å². The second-order valence-corrected chi connectivity index (χ2v) is 12.1. The fourth-order valence-corrected chi connectivity index (χ4v) is 4.52.